The van der Waals surface area contributed by atoms with Crippen LogP contribution in [-0.4, -0.2) is 30.6 Å². The van der Waals surface area contributed by atoms with Crippen LogP contribution in [0.15, 0.2) is 17.5 Å². The molecule has 0 atom stereocenters. The van der Waals surface area contributed by atoms with Gasteiger partial charge < -0.3 is 20.4 Å². The molecule has 2 aliphatic heterocycles. The number of rotatable bonds is 2. The summed E-state index contributed by atoms with van der Waals surface area (Å²) < 4.78 is 5.05. The van der Waals surface area contributed by atoms with E-state index in [-0.39, 0.29) is 5.97 Å². The van der Waals surface area contributed by atoms with E-state index in [0.717, 1.165) is 37.2 Å². The van der Waals surface area contributed by atoms with Crippen LogP contribution in [0.3, 0.4) is 0 Å². The van der Waals surface area contributed by atoms with Crippen molar-refractivity contribution in [3.63, 3.8) is 0 Å². The van der Waals surface area contributed by atoms with Crippen molar-refractivity contribution >= 4 is 11.7 Å². The van der Waals surface area contributed by atoms with E-state index in [9.17, 15) is 4.79 Å². The highest BCUT2D eigenvalue weighted by Gasteiger charge is 2.26. The number of aromatic nitrogens is 1. The van der Waals surface area contributed by atoms with Gasteiger partial charge in [0.05, 0.1) is 12.3 Å². The molecule has 0 saturated carbocycles. The molecule has 3 N–H and O–H groups in total. The molecule has 0 unspecified atom stereocenters. The lowest BCUT2D eigenvalue weighted by atomic mass is 9.95. The fourth-order valence-corrected chi connectivity index (χ4v) is 2.55. The second-order valence-corrected chi connectivity index (χ2v) is 4.60. The number of anilines is 1. The molecule has 5 nitrogen and oxygen atoms in total. The number of aromatic amines is 1. The normalized spacial score (nSPS) is 17.8. The molecule has 3 rings (SSSR count). The Morgan fingerprint density at radius 2 is 2.39 bits per heavy atom. The molecule has 0 spiro atoms. The summed E-state index contributed by atoms with van der Waals surface area (Å²) in [6.45, 7) is 4.09. The Morgan fingerprint density at radius 3 is 3.22 bits per heavy atom. The fraction of sp³-hybridized carbons (Fsp3) is 0.462. The Balaban J connectivity index is 1.90. The first-order valence-corrected chi connectivity index (χ1v) is 6.35. The second kappa shape index (κ2) is 4.49. The molecular weight excluding hydrogens is 230 g/mol. The monoisotopic (exact) mass is 247 g/mol. The molecule has 2 aliphatic rings. The molecule has 5 heteroatoms. The summed E-state index contributed by atoms with van der Waals surface area (Å²) in [5.74, 6) is -0.293. The predicted octanol–water partition coefficient (Wildman–Crippen LogP) is 1.41. The van der Waals surface area contributed by atoms with Gasteiger partial charge in [-0.15, -0.1) is 0 Å². The Morgan fingerprint density at radius 1 is 1.50 bits per heavy atom. The van der Waals surface area contributed by atoms with Crippen LogP contribution in [0.2, 0.25) is 0 Å². The molecule has 0 fully saturated rings. The van der Waals surface area contributed by atoms with E-state index < -0.39 is 0 Å². The topological polar surface area (TPSA) is 66.2 Å². The van der Waals surface area contributed by atoms with E-state index in [0.29, 0.717) is 12.3 Å². The van der Waals surface area contributed by atoms with Crippen LogP contribution < -0.4 is 10.6 Å². The van der Waals surface area contributed by atoms with E-state index in [2.05, 4.69) is 15.6 Å². The lowest BCUT2D eigenvalue weighted by Gasteiger charge is -2.27. The molecule has 0 radical (unpaired) electrons. The van der Waals surface area contributed by atoms with Gasteiger partial charge in [-0.25, -0.2) is 4.79 Å². The smallest absolute Gasteiger partial charge is 0.356 e. The summed E-state index contributed by atoms with van der Waals surface area (Å²) in [6.07, 6.45) is 3.90. The number of esters is 1. The summed E-state index contributed by atoms with van der Waals surface area (Å²) in [5, 5.41) is 6.71. The van der Waals surface area contributed by atoms with Gasteiger partial charge >= 0.3 is 5.97 Å². The van der Waals surface area contributed by atoms with Gasteiger partial charge in [-0.05, 0) is 37.4 Å². The minimum atomic E-state index is -0.293. The van der Waals surface area contributed by atoms with Crippen molar-refractivity contribution in [2.45, 2.75) is 19.8 Å². The molecule has 18 heavy (non-hydrogen) atoms. The Kier molecular flexibility index (Phi) is 2.83. The molecule has 0 saturated heterocycles. The van der Waals surface area contributed by atoms with Crippen LogP contribution in [0.1, 0.15) is 29.4 Å². The lowest BCUT2D eigenvalue weighted by Crippen LogP contribution is -2.31. The van der Waals surface area contributed by atoms with Crippen molar-refractivity contribution in [2.24, 2.45) is 0 Å². The predicted molar refractivity (Wildman–Crippen MR) is 68.6 cm³/mol. The summed E-state index contributed by atoms with van der Waals surface area (Å²) in [4.78, 5) is 14.8. The summed E-state index contributed by atoms with van der Waals surface area (Å²) in [6, 6.07) is 0. The molecule has 0 aromatic carbocycles. The number of carbonyl (C=O) groups excluding carboxylic acids is 1. The van der Waals surface area contributed by atoms with Crippen molar-refractivity contribution in [3.8, 4) is 0 Å². The first-order valence-electron chi connectivity index (χ1n) is 6.35. The van der Waals surface area contributed by atoms with Gasteiger partial charge in [0.2, 0.25) is 0 Å². The highest BCUT2D eigenvalue weighted by Crippen LogP contribution is 2.33. The van der Waals surface area contributed by atoms with Gasteiger partial charge in [-0.3, -0.25) is 0 Å². The third-order valence-corrected chi connectivity index (χ3v) is 3.45. The zero-order chi connectivity index (χ0) is 12.5. The first kappa shape index (κ1) is 11.3. The number of ether oxygens (including phenoxy) is 1. The quantitative estimate of drug-likeness (QED) is 0.691. The SMILES string of the molecule is CCOC(=O)c1[nH]cc2c1NC1=C(CCNC1)C2. The Hall–Kier alpha value is -1.75. The Bertz CT molecular complexity index is 516. The Labute approximate surface area is 106 Å². The maximum absolute atomic E-state index is 11.8. The summed E-state index contributed by atoms with van der Waals surface area (Å²) in [7, 11) is 0. The third-order valence-electron chi connectivity index (χ3n) is 3.45. The average Bonchev–Trinajstić information content (AvgIpc) is 2.79. The lowest BCUT2D eigenvalue weighted by molar-refractivity contribution is 0.0521. The number of H-pyrrole nitrogens is 1. The van der Waals surface area contributed by atoms with Crippen molar-refractivity contribution < 1.29 is 9.53 Å². The molecule has 0 aliphatic carbocycles. The van der Waals surface area contributed by atoms with Crippen molar-refractivity contribution in [3.05, 3.63) is 28.7 Å². The highest BCUT2D eigenvalue weighted by atomic mass is 16.5. The third kappa shape index (κ3) is 1.80. The van der Waals surface area contributed by atoms with Crippen LogP contribution in [0.4, 0.5) is 5.69 Å². The van der Waals surface area contributed by atoms with Crippen molar-refractivity contribution in [1.29, 1.82) is 0 Å². The molecule has 0 bridgehead atoms. The molecule has 1 aromatic rings. The van der Waals surface area contributed by atoms with E-state index in [1.807, 2.05) is 13.1 Å². The van der Waals surface area contributed by atoms with Crippen LogP contribution >= 0.6 is 0 Å². The van der Waals surface area contributed by atoms with Crippen molar-refractivity contribution in [1.82, 2.24) is 10.3 Å². The van der Waals surface area contributed by atoms with E-state index >= 15 is 0 Å². The minimum Gasteiger partial charge on any atom is -0.461 e. The standard InChI is InChI=1S/C13H17N3O2/c1-2-18-13(17)12-11-9(6-15-12)5-8-3-4-14-7-10(8)16-11/h6,14-16H,2-5,7H2,1H3. The number of hydrogen-bond acceptors (Lipinski definition) is 4. The number of hydrogen-bond donors (Lipinski definition) is 3. The number of carbonyl (C=O) groups is 1. The molecule has 96 valence electrons. The van der Waals surface area contributed by atoms with Gasteiger partial charge in [0.15, 0.2) is 0 Å². The molecule has 0 amide bonds. The number of fused-ring (bicyclic) bond motifs is 1. The number of nitrogens with one attached hydrogen (secondary N) is 3. The van der Waals surface area contributed by atoms with Crippen LogP contribution in [-0.2, 0) is 11.2 Å². The minimum absolute atomic E-state index is 0.293. The van der Waals surface area contributed by atoms with E-state index in [1.54, 1.807) is 0 Å². The first-order chi connectivity index (χ1) is 8.79. The van der Waals surface area contributed by atoms with Gasteiger partial charge in [0.1, 0.15) is 5.69 Å². The van der Waals surface area contributed by atoms with Gasteiger partial charge in [0.25, 0.3) is 0 Å². The van der Waals surface area contributed by atoms with E-state index in [1.165, 1.54) is 11.3 Å². The zero-order valence-corrected chi connectivity index (χ0v) is 10.4. The van der Waals surface area contributed by atoms with E-state index in [4.69, 9.17) is 4.74 Å². The second-order valence-electron chi connectivity index (χ2n) is 4.60. The van der Waals surface area contributed by atoms with Gasteiger partial charge in [0, 0.05) is 18.4 Å². The molecule has 1 aromatic heterocycles. The summed E-state index contributed by atoms with van der Waals surface area (Å²) in [5.41, 5.74) is 5.22. The maximum Gasteiger partial charge on any atom is 0.356 e. The molecule has 3 heterocycles. The average molecular weight is 247 g/mol. The fourth-order valence-electron chi connectivity index (χ4n) is 2.55. The van der Waals surface area contributed by atoms with Gasteiger partial charge in [-0.1, -0.05) is 0 Å². The maximum atomic E-state index is 11.8. The van der Waals surface area contributed by atoms with Gasteiger partial charge in [-0.2, -0.15) is 0 Å². The van der Waals surface area contributed by atoms with Crippen LogP contribution in [0.5, 0.6) is 0 Å². The van der Waals surface area contributed by atoms with Crippen molar-refractivity contribution in [2.75, 3.05) is 25.0 Å². The van der Waals surface area contributed by atoms with Crippen LogP contribution in [0.25, 0.3) is 0 Å². The largest absolute Gasteiger partial charge is 0.461 e. The zero-order valence-electron chi connectivity index (χ0n) is 10.4. The molecular formula is C13H17N3O2. The highest BCUT2D eigenvalue weighted by molar-refractivity contribution is 5.95. The summed E-state index contributed by atoms with van der Waals surface area (Å²) >= 11 is 0. The van der Waals surface area contributed by atoms with Crippen LogP contribution in [0, 0.1) is 0 Å².